The minimum Gasteiger partial charge on any atom is -0.490 e. The lowest BCUT2D eigenvalue weighted by atomic mass is 9.95. The molecular formula is C18H21ClO. The molecule has 6 unspecified atom stereocenters. The molecule has 6 atom stereocenters. The Kier molecular flexibility index (Phi) is 2.35. The van der Waals surface area contributed by atoms with E-state index in [4.69, 9.17) is 16.3 Å². The summed E-state index contributed by atoms with van der Waals surface area (Å²) in [6.45, 7) is 2.14. The number of hydrogen-bond acceptors (Lipinski definition) is 1. The summed E-state index contributed by atoms with van der Waals surface area (Å²) in [6.07, 6.45) is 5.81. The zero-order valence-corrected chi connectivity index (χ0v) is 12.6. The lowest BCUT2D eigenvalue weighted by molar-refractivity contribution is 0.254. The van der Waals surface area contributed by atoms with E-state index in [0.29, 0.717) is 6.10 Å². The Morgan fingerprint density at radius 3 is 2.70 bits per heavy atom. The minimum absolute atomic E-state index is 0.231. The quantitative estimate of drug-likeness (QED) is 0.724. The van der Waals surface area contributed by atoms with Crippen molar-refractivity contribution in [2.75, 3.05) is 0 Å². The average Bonchev–Trinajstić information content (AvgIpc) is 2.76. The Morgan fingerprint density at radius 1 is 1.20 bits per heavy atom. The van der Waals surface area contributed by atoms with Gasteiger partial charge >= 0.3 is 0 Å². The van der Waals surface area contributed by atoms with E-state index in [2.05, 4.69) is 25.1 Å². The molecule has 20 heavy (non-hydrogen) atoms. The van der Waals surface area contributed by atoms with Crippen molar-refractivity contribution in [2.45, 2.75) is 44.1 Å². The van der Waals surface area contributed by atoms with Crippen LogP contribution in [0.4, 0.5) is 0 Å². The van der Waals surface area contributed by atoms with E-state index in [0.717, 1.165) is 41.8 Å². The smallest absolute Gasteiger partial charge is 0.123 e. The van der Waals surface area contributed by atoms with Gasteiger partial charge in [0.05, 0.1) is 5.38 Å². The molecule has 1 heterocycles. The summed E-state index contributed by atoms with van der Waals surface area (Å²) in [7, 11) is 0. The zero-order chi connectivity index (χ0) is 13.4. The lowest BCUT2D eigenvalue weighted by Gasteiger charge is -2.15. The SMILES string of the molecule is CC1Cc2cc(C(Cl)C3C4C5CCC(C5)C43)ccc2O1. The number of benzene rings is 1. The second-order valence-corrected chi connectivity index (χ2v) is 7.94. The number of halogens is 1. The lowest BCUT2D eigenvalue weighted by Crippen LogP contribution is -2.05. The van der Waals surface area contributed by atoms with Crippen LogP contribution in [0, 0.1) is 29.6 Å². The molecule has 0 saturated heterocycles. The first kappa shape index (κ1) is 11.9. The second-order valence-electron chi connectivity index (χ2n) is 7.47. The fourth-order valence-electron chi connectivity index (χ4n) is 5.62. The fourth-order valence-corrected chi connectivity index (χ4v) is 6.09. The van der Waals surface area contributed by atoms with Gasteiger partial charge in [-0.05, 0) is 73.0 Å². The van der Waals surface area contributed by atoms with Gasteiger partial charge in [0.1, 0.15) is 11.9 Å². The van der Waals surface area contributed by atoms with Gasteiger partial charge in [-0.2, -0.15) is 0 Å². The molecule has 3 fully saturated rings. The Labute approximate surface area is 125 Å². The normalized spacial score (nSPS) is 44.9. The zero-order valence-electron chi connectivity index (χ0n) is 11.9. The van der Waals surface area contributed by atoms with Crippen LogP contribution < -0.4 is 4.74 Å². The highest BCUT2D eigenvalue weighted by molar-refractivity contribution is 6.21. The first-order valence-corrected chi connectivity index (χ1v) is 8.59. The number of alkyl halides is 1. The highest BCUT2D eigenvalue weighted by Gasteiger charge is 2.66. The summed E-state index contributed by atoms with van der Waals surface area (Å²) in [5.41, 5.74) is 2.69. The van der Waals surface area contributed by atoms with Gasteiger partial charge < -0.3 is 4.74 Å². The number of fused-ring (bicyclic) bond motifs is 6. The Balaban J connectivity index is 1.40. The van der Waals surface area contributed by atoms with E-state index in [1.54, 1.807) is 0 Å². The molecule has 106 valence electrons. The van der Waals surface area contributed by atoms with Crippen LogP contribution in [0.3, 0.4) is 0 Å². The molecule has 3 aliphatic carbocycles. The molecule has 0 N–H and O–H groups in total. The molecule has 0 amide bonds. The van der Waals surface area contributed by atoms with Crippen LogP contribution in [-0.2, 0) is 6.42 Å². The van der Waals surface area contributed by atoms with Crippen molar-refractivity contribution < 1.29 is 4.74 Å². The predicted molar refractivity (Wildman–Crippen MR) is 80.1 cm³/mol. The van der Waals surface area contributed by atoms with Crippen molar-refractivity contribution in [3.8, 4) is 5.75 Å². The van der Waals surface area contributed by atoms with Crippen molar-refractivity contribution in [2.24, 2.45) is 29.6 Å². The Morgan fingerprint density at radius 2 is 1.95 bits per heavy atom. The van der Waals surface area contributed by atoms with E-state index >= 15 is 0 Å². The third-order valence-electron chi connectivity index (χ3n) is 6.37. The highest BCUT2D eigenvalue weighted by atomic mass is 35.5. The third kappa shape index (κ3) is 1.51. The molecule has 2 heteroatoms. The van der Waals surface area contributed by atoms with Crippen molar-refractivity contribution in [1.29, 1.82) is 0 Å². The topological polar surface area (TPSA) is 9.23 Å². The molecule has 4 aliphatic rings. The predicted octanol–water partition coefficient (Wildman–Crippen LogP) is 4.58. The molecule has 5 rings (SSSR count). The molecule has 0 spiro atoms. The first-order chi connectivity index (χ1) is 9.72. The van der Waals surface area contributed by atoms with Gasteiger partial charge in [0, 0.05) is 6.42 Å². The molecular weight excluding hydrogens is 268 g/mol. The minimum atomic E-state index is 0.231. The maximum absolute atomic E-state index is 6.86. The molecule has 3 saturated carbocycles. The molecule has 1 aliphatic heterocycles. The number of hydrogen-bond donors (Lipinski definition) is 0. The van der Waals surface area contributed by atoms with Gasteiger partial charge in [-0.25, -0.2) is 0 Å². The fraction of sp³-hybridized carbons (Fsp3) is 0.667. The van der Waals surface area contributed by atoms with Crippen LogP contribution in [0.1, 0.15) is 42.7 Å². The van der Waals surface area contributed by atoms with Crippen LogP contribution in [0.15, 0.2) is 18.2 Å². The van der Waals surface area contributed by atoms with Gasteiger partial charge in [-0.15, -0.1) is 11.6 Å². The van der Waals surface area contributed by atoms with E-state index in [1.165, 1.54) is 30.4 Å². The van der Waals surface area contributed by atoms with Gasteiger partial charge in [-0.3, -0.25) is 0 Å². The van der Waals surface area contributed by atoms with E-state index in [9.17, 15) is 0 Å². The highest BCUT2D eigenvalue weighted by Crippen LogP contribution is 2.73. The van der Waals surface area contributed by atoms with Crippen LogP contribution in [0.2, 0.25) is 0 Å². The maximum Gasteiger partial charge on any atom is 0.123 e. The third-order valence-corrected chi connectivity index (χ3v) is 6.91. The molecule has 1 aromatic carbocycles. The largest absolute Gasteiger partial charge is 0.490 e. The Bertz CT molecular complexity index is 553. The molecule has 0 radical (unpaired) electrons. The van der Waals surface area contributed by atoms with Crippen molar-refractivity contribution >= 4 is 11.6 Å². The van der Waals surface area contributed by atoms with E-state index in [-0.39, 0.29) is 5.38 Å². The molecule has 2 bridgehead atoms. The summed E-state index contributed by atoms with van der Waals surface area (Å²) in [5, 5.41) is 0.231. The van der Waals surface area contributed by atoms with Crippen LogP contribution in [-0.4, -0.2) is 6.10 Å². The molecule has 0 aromatic heterocycles. The summed E-state index contributed by atoms with van der Waals surface area (Å²) in [6, 6.07) is 6.65. The monoisotopic (exact) mass is 288 g/mol. The maximum atomic E-state index is 6.86. The van der Waals surface area contributed by atoms with Crippen molar-refractivity contribution in [1.82, 2.24) is 0 Å². The number of rotatable bonds is 2. The number of ether oxygens (including phenoxy) is 1. The van der Waals surface area contributed by atoms with Gasteiger partial charge in [-0.1, -0.05) is 12.1 Å². The van der Waals surface area contributed by atoms with Gasteiger partial charge in [0.15, 0.2) is 0 Å². The van der Waals surface area contributed by atoms with Crippen molar-refractivity contribution in [3.05, 3.63) is 29.3 Å². The summed E-state index contributed by atoms with van der Waals surface area (Å²) in [5.74, 6) is 5.77. The summed E-state index contributed by atoms with van der Waals surface area (Å²) >= 11 is 6.86. The first-order valence-electron chi connectivity index (χ1n) is 8.16. The standard InChI is InChI=1S/C18H21ClO/c1-9-6-13-8-12(4-5-14(13)20-9)18(19)17-15-10-2-3-11(7-10)16(15)17/h4-5,8-11,15-18H,2-3,6-7H2,1H3. The van der Waals surface area contributed by atoms with Crippen molar-refractivity contribution in [3.63, 3.8) is 0 Å². The van der Waals surface area contributed by atoms with Crippen LogP contribution in [0.25, 0.3) is 0 Å². The average molecular weight is 289 g/mol. The van der Waals surface area contributed by atoms with Gasteiger partial charge in [0.25, 0.3) is 0 Å². The second kappa shape index (κ2) is 3.94. The van der Waals surface area contributed by atoms with Crippen LogP contribution in [0.5, 0.6) is 5.75 Å². The summed E-state index contributed by atoms with van der Waals surface area (Å²) in [4.78, 5) is 0. The van der Waals surface area contributed by atoms with E-state index in [1.807, 2.05) is 0 Å². The molecule has 1 aromatic rings. The van der Waals surface area contributed by atoms with Gasteiger partial charge in [0.2, 0.25) is 0 Å². The Hall–Kier alpha value is -0.690. The molecule has 1 nitrogen and oxygen atoms in total. The van der Waals surface area contributed by atoms with E-state index < -0.39 is 0 Å². The van der Waals surface area contributed by atoms with Crippen LogP contribution >= 0.6 is 11.6 Å². The summed E-state index contributed by atoms with van der Waals surface area (Å²) < 4.78 is 5.79.